The summed E-state index contributed by atoms with van der Waals surface area (Å²) in [5, 5.41) is 79.0. The largest absolute Gasteiger partial charge is 0.481 e. The maximum Gasteiger partial charge on any atom is 0.304 e. The fraction of sp³-hybridized carbons (Fsp3) is 0.711. The number of hydrogen-bond donors (Lipinski definition) is 9. The van der Waals surface area contributed by atoms with Crippen molar-refractivity contribution in [2.24, 2.45) is 61.2 Å². The van der Waals surface area contributed by atoms with Crippen LogP contribution in [0.5, 0.6) is 0 Å². The predicted octanol–water partition coefficient (Wildman–Crippen LogP) is 5.17. The lowest BCUT2D eigenvalue weighted by Gasteiger charge is -2.48. The average Bonchev–Trinajstić information content (AvgIpc) is 3.75. The van der Waals surface area contributed by atoms with Crippen molar-refractivity contribution >= 4 is 53.2 Å². The lowest BCUT2D eigenvalue weighted by atomic mass is 9.56. The quantitative estimate of drug-likeness (QED) is 0.0858. The molecular formula is C45H64N4O14. The molecule has 12 atom stereocenters. The van der Waals surface area contributed by atoms with Crippen LogP contribution in [0.3, 0.4) is 0 Å². The van der Waals surface area contributed by atoms with Crippen LogP contribution in [0, 0.1) is 51.2 Å². The topological polar surface area (TPSA) is 310 Å². The van der Waals surface area contributed by atoms with Crippen molar-refractivity contribution in [3.05, 3.63) is 23.0 Å². The minimum absolute atomic E-state index is 0.0217. The maximum absolute atomic E-state index is 13.1. The van der Waals surface area contributed by atoms with Crippen molar-refractivity contribution in [2.45, 2.75) is 150 Å². The normalized spacial score (nSPS) is 38.4. The summed E-state index contributed by atoms with van der Waals surface area (Å²) in [6, 6.07) is -2.42. The summed E-state index contributed by atoms with van der Waals surface area (Å²) in [5.41, 5.74) is -3.95. The Hall–Kier alpha value is -5.29. The van der Waals surface area contributed by atoms with E-state index in [1.165, 1.54) is 0 Å². The first-order valence-corrected chi connectivity index (χ1v) is 21.7. The van der Waals surface area contributed by atoms with Gasteiger partial charge in [0.1, 0.15) is 0 Å². The van der Waals surface area contributed by atoms with E-state index in [1.807, 2.05) is 26.8 Å². The summed E-state index contributed by atoms with van der Waals surface area (Å²) in [7, 11) is 0. The molecule has 0 aromatic heterocycles. The van der Waals surface area contributed by atoms with Gasteiger partial charge in [-0.3, -0.25) is 43.5 Å². The molecule has 9 N–H and O–H groups in total. The van der Waals surface area contributed by atoms with Crippen LogP contribution in [0.1, 0.15) is 126 Å². The Morgan fingerprint density at radius 2 is 1.19 bits per heavy atom. The van der Waals surface area contributed by atoms with Crippen LogP contribution in [0.25, 0.3) is 0 Å². The van der Waals surface area contributed by atoms with Crippen LogP contribution < -0.4 is 10.6 Å². The third kappa shape index (κ3) is 8.70. The maximum atomic E-state index is 13.1. The molecular weight excluding hydrogens is 821 g/mol. The molecule has 0 aromatic carbocycles. The highest BCUT2D eigenvalue weighted by Gasteiger charge is 2.67. The molecule has 18 heteroatoms. The van der Waals surface area contributed by atoms with Crippen molar-refractivity contribution < 1.29 is 69.3 Å². The van der Waals surface area contributed by atoms with Gasteiger partial charge in [0.15, 0.2) is 0 Å². The van der Waals surface area contributed by atoms with Gasteiger partial charge in [-0.05, 0) is 63.0 Å². The monoisotopic (exact) mass is 884 g/mol. The van der Waals surface area contributed by atoms with Gasteiger partial charge < -0.3 is 46.4 Å². The number of nitrogens with zero attached hydrogens (tertiary/aromatic N) is 2. The molecule has 0 amide bonds. The van der Waals surface area contributed by atoms with E-state index in [9.17, 15) is 69.3 Å². The SMILES string of the molecule is C/C1=C2/N[C@@](C)([C@@H]3N=C([C@H](C)[C@H]4N/C(=C\C5N=C1[C@@](C)(CC(=O)O)[C@@H]5CCC(=O)O)C(C)(C)[C@H]4CCC(=O)O)[C@](C)(CCC(=O)O)[C@H]3CC(=O)O)[C@@](C)(CC(=O)O)[C@@H]2CCC(=O)O. The predicted molar refractivity (Wildman–Crippen MR) is 227 cm³/mol. The molecule has 348 valence electrons. The Labute approximate surface area is 366 Å². The standard InChI is InChI=1S/C45H64N4O14/c1-21-36-24(10-13-30(52)53)41(3,4)28(47-36)18-27-23(9-12-29(50)51)43(6,19-34(60)61)39(46-27)22(2)37-25(11-14-31(54)55)44(7,20-35(62)63)45(8,49-37)40-26(17-33(58)59)42(5,38(21)48-40)16-15-32(56)57/h18,21,23-27,36,40,47,49H,9-17,19-20H2,1-8H3,(H,50,51)(H,52,53)(H,54,55)(H,56,57)(H,58,59)(H,60,61)(H,62,63)/b28-18-,37-22-/t21-,23-,24+,25-,26+,27?,36-,40-,42-,43+,44+,45+/m1/s1. The van der Waals surface area contributed by atoms with E-state index >= 15 is 0 Å². The molecule has 0 spiro atoms. The molecule has 2 saturated heterocycles. The average molecular weight is 885 g/mol. The molecule has 0 aliphatic carbocycles. The fourth-order valence-corrected chi connectivity index (χ4v) is 12.7. The number of carbonyl (C=O) groups is 7. The van der Waals surface area contributed by atoms with Gasteiger partial charge in [-0.15, -0.1) is 0 Å². The highest BCUT2D eigenvalue weighted by molar-refractivity contribution is 6.07. The smallest absolute Gasteiger partial charge is 0.304 e. The highest BCUT2D eigenvalue weighted by atomic mass is 16.4. The van der Waals surface area contributed by atoms with Gasteiger partial charge >= 0.3 is 41.8 Å². The zero-order valence-electron chi connectivity index (χ0n) is 37.4. The Morgan fingerprint density at radius 3 is 1.71 bits per heavy atom. The number of aliphatic imine (C=N–C) groups is 2. The summed E-state index contributed by atoms with van der Waals surface area (Å²) in [5.74, 6) is -11.5. The van der Waals surface area contributed by atoms with Crippen LogP contribution in [0.4, 0.5) is 0 Å². The first-order chi connectivity index (χ1) is 29.0. The Bertz CT molecular complexity index is 2080. The molecule has 1 unspecified atom stereocenters. The Balaban J connectivity index is 1.97. The van der Waals surface area contributed by atoms with Crippen molar-refractivity contribution in [3.8, 4) is 0 Å². The van der Waals surface area contributed by atoms with E-state index in [-0.39, 0.29) is 44.9 Å². The first kappa shape index (κ1) is 48.7. The van der Waals surface area contributed by atoms with Crippen LogP contribution in [0.15, 0.2) is 33.0 Å². The van der Waals surface area contributed by atoms with Gasteiger partial charge in [0.05, 0.1) is 36.9 Å². The van der Waals surface area contributed by atoms with Crippen LogP contribution in [-0.2, 0) is 33.6 Å². The summed E-state index contributed by atoms with van der Waals surface area (Å²) in [6.07, 6.45) is -0.811. The highest BCUT2D eigenvalue weighted by Crippen LogP contribution is 2.62. The summed E-state index contributed by atoms with van der Waals surface area (Å²) in [6.45, 7) is 14.5. The molecule has 0 saturated carbocycles. The second-order valence-corrected chi connectivity index (χ2v) is 20.1. The van der Waals surface area contributed by atoms with E-state index in [4.69, 9.17) is 9.98 Å². The summed E-state index contributed by atoms with van der Waals surface area (Å²) < 4.78 is 0. The Morgan fingerprint density at radius 1 is 0.651 bits per heavy atom. The van der Waals surface area contributed by atoms with E-state index in [0.29, 0.717) is 28.4 Å². The second-order valence-electron chi connectivity index (χ2n) is 20.1. The van der Waals surface area contributed by atoms with Crippen LogP contribution in [0.2, 0.25) is 0 Å². The number of fused-ring (bicyclic) bond motifs is 7. The van der Waals surface area contributed by atoms with Gasteiger partial charge in [0.2, 0.25) is 0 Å². The Kier molecular flexibility index (Phi) is 13.4. The minimum Gasteiger partial charge on any atom is -0.481 e. The van der Waals surface area contributed by atoms with Gasteiger partial charge in [-0.1, -0.05) is 41.5 Å². The van der Waals surface area contributed by atoms with Crippen molar-refractivity contribution in [2.75, 3.05) is 0 Å². The molecule has 2 fully saturated rings. The molecule has 5 aliphatic heterocycles. The number of carboxylic acid groups (broad SMARTS) is 7. The fourth-order valence-electron chi connectivity index (χ4n) is 12.7. The van der Waals surface area contributed by atoms with Gasteiger partial charge in [-0.25, -0.2) is 0 Å². The lowest BCUT2D eigenvalue weighted by molar-refractivity contribution is -0.144. The molecule has 63 heavy (non-hydrogen) atoms. The number of rotatable bonds is 18. The van der Waals surface area contributed by atoms with E-state index in [0.717, 1.165) is 0 Å². The summed E-state index contributed by atoms with van der Waals surface area (Å²) >= 11 is 0. The second kappa shape index (κ2) is 17.4. The lowest BCUT2D eigenvalue weighted by Crippen LogP contribution is -2.60. The molecule has 0 radical (unpaired) electrons. The van der Waals surface area contributed by atoms with Crippen LogP contribution >= 0.6 is 0 Å². The van der Waals surface area contributed by atoms with Crippen LogP contribution in [-0.4, -0.2) is 113 Å². The van der Waals surface area contributed by atoms with Crippen molar-refractivity contribution in [1.82, 2.24) is 10.6 Å². The number of nitrogens with one attached hydrogen (secondary N) is 2. The molecule has 5 aliphatic rings. The molecule has 5 heterocycles. The van der Waals surface area contributed by atoms with Gasteiger partial charge in [0.25, 0.3) is 0 Å². The third-order valence-electron chi connectivity index (χ3n) is 16.1. The summed E-state index contributed by atoms with van der Waals surface area (Å²) in [4.78, 5) is 98.6. The zero-order chi connectivity index (χ0) is 47.4. The minimum atomic E-state index is -1.48. The zero-order valence-corrected chi connectivity index (χ0v) is 37.4. The first-order valence-electron chi connectivity index (χ1n) is 21.7. The van der Waals surface area contributed by atoms with Gasteiger partial charge in [-0.2, -0.15) is 0 Å². The molecule has 5 rings (SSSR count). The number of hydrogen-bond acceptors (Lipinski definition) is 11. The number of carboxylic acids is 7. The van der Waals surface area contributed by atoms with E-state index in [1.54, 1.807) is 34.6 Å². The van der Waals surface area contributed by atoms with Gasteiger partial charge in [0, 0.05) is 94.0 Å². The van der Waals surface area contributed by atoms with E-state index in [2.05, 4.69) is 10.6 Å². The third-order valence-corrected chi connectivity index (χ3v) is 16.1. The number of aliphatic carboxylic acids is 7. The van der Waals surface area contributed by atoms with Crippen molar-refractivity contribution in [3.63, 3.8) is 0 Å². The van der Waals surface area contributed by atoms with Crippen molar-refractivity contribution in [1.29, 1.82) is 0 Å². The molecule has 18 nitrogen and oxygen atoms in total. The molecule has 8 bridgehead atoms. The number of allylic oxidation sites excluding steroid dienone is 3. The van der Waals surface area contributed by atoms with E-state index < -0.39 is 142 Å². The molecule has 0 aromatic rings.